The molecule has 8 heterocycles. The standard InChI is InChI=1S/C51H36N4O7S2/c56-50(57)34-9-5-32(6-10-34)37-24-41(39-22-30(15-17-52-39)3-13-46-48-36(28-63-46)2-1-19-61-48)54-43(26-37)44-27-38(33-7-11-35(12-8-33)51(58)59)25-42(55-44)40-23-31(16-18-53-40)4-14-47-49-45(29-64-47)60-20-21-62-49/h3-18,22-29H,1-2,19-21H2,(H,56,57)(H,58,59)/b13-3+,14-4+. The van der Waals surface area contributed by atoms with Gasteiger partial charge in [0.25, 0.3) is 0 Å². The Balaban J connectivity index is 1.08. The smallest absolute Gasteiger partial charge is 0.335 e. The number of fused-ring (bicyclic) bond motifs is 2. The molecule has 13 heteroatoms. The van der Waals surface area contributed by atoms with Crippen molar-refractivity contribution in [3.05, 3.63) is 158 Å². The van der Waals surface area contributed by atoms with E-state index in [9.17, 15) is 19.8 Å². The first kappa shape index (κ1) is 40.3. The minimum absolute atomic E-state index is 0.170. The Bertz CT molecular complexity index is 2930. The van der Waals surface area contributed by atoms with Crippen LogP contribution in [0.5, 0.6) is 17.2 Å². The normalized spacial score (nSPS) is 13.2. The largest absolute Gasteiger partial charge is 0.492 e. The van der Waals surface area contributed by atoms with Crippen molar-refractivity contribution in [2.24, 2.45) is 0 Å². The molecule has 0 bridgehead atoms. The molecular formula is C51H36N4O7S2. The number of aryl methyl sites for hydroxylation is 1. The van der Waals surface area contributed by atoms with Gasteiger partial charge >= 0.3 is 11.9 Å². The fraction of sp³-hybridized carbons (Fsp3) is 0.0980. The number of benzene rings is 2. The zero-order valence-electron chi connectivity index (χ0n) is 33.9. The highest BCUT2D eigenvalue weighted by atomic mass is 32.1. The Kier molecular flexibility index (Phi) is 11.1. The maximum atomic E-state index is 11.8. The average Bonchev–Trinajstić information content (AvgIpc) is 3.96. The van der Waals surface area contributed by atoms with Crippen LogP contribution >= 0.6 is 22.7 Å². The van der Waals surface area contributed by atoms with Gasteiger partial charge in [-0.1, -0.05) is 36.4 Å². The SMILES string of the molecule is O=C(O)c1ccc(-c2cc(-c3cc(/C=C/c4scc5c4OCCC5)ccn3)nc(-c3cc(-c4ccc(C(=O)O)cc4)cc(-c4cc(/C=C/c5scc6c5OCCO6)ccn4)n3)c2)cc1. The Morgan fingerprint density at radius 3 is 1.55 bits per heavy atom. The minimum Gasteiger partial charge on any atom is -0.492 e. The van der Waals surface area contributed by atoms with Crippen molar-refractivity contribution in [1.29, 1.82) is 0 Å². The second-order valence-electron chi connectivity index (χ2n) is 15.0. The second-order valence-corrected chi connectivity index (χ2v) is 16.9. The highest BCUT2D eigenvalue weighted by molar-refractivity contribution is 7.11. The Morgan fingerprint density at radius 2 is 1.00 bits per heavy atom. The van der Waals surface area contributed by atoms with Crippen LogP contribution in [0.15, 0.2) is 120 Å². The molecule has 2 N–H and O–H groups in total. The summed E-state index contributed by atoms with van der Waals surface area (Å²) in [5.41, 5.74) is 9.95. The van der Waals surface area contributed by atoms with Crippen molar-refractivity contribution >= 4 is 58.9 Å². The van der Waals surface area contributed by atoms with Gasteiger partial charge in [-0.05, 0) is 137 Å². The number of aromatic carboxylic acids is 2. The summed E-state index contributed by atoms with van der Waals surface area (Å²) in [4.78, 5) is 45.4. The number of carboxylic acid groups (broad SMARTS) is 2. The maximum Gasteiger partial charge on any atom is 0.335 e. The summed E-state index contributed by atoms with van der Waals surface area (Å²) in [6.45, 7) is 1.74. The van der Waals surface area contributed by atoms with Crippen LogP contribution < -0.4 is 14.2 Å². The van der Waals surface area contributed by atoms with Crippen LogP contribution in [-0.4, -0.2) is 61.9 Å². The molecule has 64 heavy (non-hydrogen) atoms. The topological polar surface area (TPSA) is 154 Å². The van der Waals surface area contributed by atoms with Crippen LogP contribution in [0.25, 0.3) is 80.7 Å². The summed E-state index contributed by atoms with van der Waals surface area (Å²) < 4.78 is 17.6. The lowest BCUT2D eigenvalue weighted by atomic mass is 9.98. The van der Waals surface area contributed by atoms with E-state index in [1.807, 2.05) is 72.1 Å². The third kappa shape index (κ3) is 8.54. The maximum absolute atomic E-state index is 11.8. The molecule has 0 amide bonds. The number of ether oxygens (including phenoxy) is 3. The number of pyridine rings is 4. The molecule has 2 aromatic carbocycles. The van der Waals surface area contributed by atoms with E-state index in [0.29, 0.717) is 54.0 Å². The Labute approximate surface area is 375 Å². The van der Waals surface area contributed by atoms with E-state index in [0.717, 1.165) is 73.2 Å². The number of hydrogen-bond acceptors (Lipinski definition) is 11. The Morgan fingerprint density at radius 1 is 0.516 bits per heavy atom. The van der Waals surface area contributed by atoms with Crippen molar-refractivity contribution in [3.8, 4) is 73.7 Å². The third-order valence-electron chi connectivity index (χ3n) is 10.8. The minimum atomic E-state index is -1.02. The number of thiophene rings is 2. The van der Waals surface area contributed by atoms with Gasteiger partial charge in [0.15, 0.2) is 11.5 Å². The van der Waals surface area contributed by atoms with Crippen molar-refractivity contribution < 1.29 is 34.0 Å². The molecule has 0 saturated heterocycles. The summed E-state index contributed by atoms with van der Waals surface area (Å²) in [6, 6.07) is 28.9. The monoisotopic (exact) mass is 880 g/mol. The van der Waals surface area contributed by atoms with E-state index in [1.54, 1.807) is 83.6 Å². The second kappa shape index (κ2) is 17.6. The van der Waals surface area contributed by atoms with Gasteiger partial charge in [0, 0.05) is 23.3 Å². The zero-order valence-corrected chi connectivity index (χ0v) is 35.6. The first-order valence-electron chi connectivity index (χ1n) is 20.4. The van der Waals surface area contributed by atoms with E-state index in [1.165, 1.54) is 5.56 Å². The summed E-state index contributed by atoms with van der Waals surface area (Å²) in [7, 11) is 0. The predicted octanol–water partition coefficient (Wildman–Crippen LogP) is 11.6. The Hall–Kier alpha value is -7.74. The first-order valence-corrected chi connectivity index (χ1v) is 22.2. The lowest BCUT2D eigenvalue weighted by molar-refractivity contribution is 0.0686. The van der Waals surface area contributed by atoms with E-state index in [-0.39, 0.29) is 11.1 Å². The van der Waals surface area contributed by atoms with Crippen LogP contribution in [0.3, 0.4) is 0 Å². The van der Waals surface area contributed by atoms with Gasteiger partial charge in [0.05, 0.1) is 61.7 Å². The summed E-state index contributed by atoms with van der Waals surface area (Å²) in [6.07, 6.45) is 13.6. The van der Waals surface area contributed by atoms with Crippen molar-refractivity contribution in [2.45, 2.75) is 12.8 Å². The molecule has 10 rings (SSSR count). The van der Waals surface area contributed by atoms with Crippen LogP contribution in [0.4, 0.5) is 0 Å². The van der Waals surface area contributed by atoms with E-state index in [2.05, 4.69) is 11.5 Å². The molecule has 0 atom stereocenters. The lowest BCUT2D eigenvalue weighted by Gasteiger charge is -2.15. The number of carbonyl (C=O) groups is 2. The summed E-state index contributed by atoms with van der Waals surface area (Å²) >= 11 is 3.22. The highest BCUT2D eigenvalue weighted by Gasteiger charge is 2.19. The van der Waals surface area contributed by atoms with E-state index in [4.69, 9.17) is 34.1 Å². The van der Waals surface area contributed by atoms with Crippen LogP contribution in [-0.2, 0) is 6.42 Å². The molecule has 11 nitrogen and oxygen atoms in total. The highest BCUT2D eigenvalue weighted by Crippen LogP contribution is 2.41. The number of aromatic nitrogens is 4. The molecule has 314 valence electrons. The van der Waals surface area contributed by atoms with Crippen molar-refractivity contribution in [2.75, 3.05) is 19.8 Å². The van der Waals surface area contributed by atoms with Gasteiger partial charge in [0.1, 0.15) is 19.0 Å². The number of rotatable bonds is 11. The summed E-state index contributed by atoms with van der Waals surface area (Å²) in [5.74, 6) is 0.418. The van der Waals surface area contributed by atoms with E-state index >= 15 is 0 Å². The summed E-state index contributed by atoms with van der Waals surface area (Å²) in [5, 5.41) is 23.4. The van der Waals surface area contributed by atoms with Crippen LogP contribution in [0.1, 0.15) is 53.6 Å². The van der Waals surface area contributed by atoms with Gasteiger partial charge in [0.2, 0.25) is 0 Å². The quantitative estimate of drug-likeness (QED) is 0.128. The fourth-order valence-corrected chi connectivity index (χ4v) is 9.30. The zero-order chi connectivity index (χ0) is 43.6. The van der Waals surface area contributed by atoms with Crippen LogP contribution in [0.2, 0.25) is 0 Å². The number of nitrogens with zero attached hydrogens (tertiary/aromatic N) is 4. The molecule has 0 unspecified atom stereocenters. The molecule has 0 radical (unpaired) electrons. The molecule has 8 aromatic rings. The predicted molar refractivity (Wildman–Crippen MR) is 250 cm³/mol. The van der Waals surface area contributed by atoms with Crippen molar-refractivity contribution in [3.63, 3.8) is 0 Å². The van der Waals surface area contributed by atoms with Crippen LogP contribution in [0, 0.1) is 0 Å². The lowest BCUT2D eigenvalue weighted by Crippen LogP contribution is -2.14. The molecule has 0 aliphatic carbocycles. The van der Waals surface area contributed by atoms with Gasteiger partial charge in [-0.15, -0.1) is 22.7 Å². The van der Waals surface area contributed by atoms with Gasteiger partial charge in [-0.25, -0.2) is 19.6 Å². The first-order chi connectivity index (χ1) is 31.3. The molecular weight excluding hydrogens is 845 g/mol. The molecule has 6 aromatic heterocycles. The fourth-order valence-electron chi connectivity index (χ4n) is 7.54. The molecule has 2 aliphatic heterocycles. The number of carboxylic acids is 2. The third-order valence-corrected chi connectivity index (χ3v) is 12.7. The number of hydrogen-bond donors (Lipinski definition) is 2. The van der Waals surface area contributed by atoms with E-state index < -0.39 is 11.9 Å². The van der Waals surface area contributed by atoms with Crippen molar-refractivity contribution in [1.82, 2.24) is 19.9 Å². The average molecular weight is 881 g/mol. The molecule has 0 saturated carbocycles. The molecule has 0 spiro atoms. The van der Waals surface area contributed by atoms with Gasteiger partial charge in [-0.3, -0.25) is 9.97 Å². The van der Waals surface area contributed by atoms with Gasteiger partial charge in [-0.2, -0.15) is 0 Å². The van der Waals surface area contributed by atoms with Gasteiger partial charge < -0.3 is 24.4 Å². The molecule has 0 fully saturated rings. The molecule has 2 aliphatic rings.